The molecule has 0 atom stereocenters. The van der Waals surface area contributed by atoms with Crippen LogP contribution in [0.5, 0.6) is 17.2 Å². The first kappa shape index (κ1) is 17.7. The lowest BCUT2D eigenvalue weighted by Crippen LogP contribution is -2.24. The first-order valence-corrected chi connectivity index (χ1v) is 8.25. The van der Waals surface area contributed by atoms with Gasteiger partial charge in [0.05, 0.1) is 26.9 Å². The van der Waals surface area contributed by atoms with Gasteiger partial charge in [-0.2, -0.15) is 0 Å². The zero-order chi connectivity index (χ0) is 18.7. The zero-order valence-corrected chi connectivity index (χ0v) is 15.1. The number of carbonyl (C=O) groups is 1. The van der Waals surface area contributed by atoms with E-state index in [0.29, 0.717) is 29.3 Å². The van der Waals surface area contributed by atoms with Crippen molar-refractivity contribution in [3.05, 3.63) is 53.7 Å². The molecule has 2 aromatic carbocycles. The summed E-state index contributed by atoms with van der Waals surface area (Å²) in [7, 11) is 4.70. The molecule has 1 aliphatic heterocycles. The van der Waals surface area contributed by atoms with E-state index in [2.05, 4.69) is 0 Å². The second-order valence-corrected chi connectivity index (χ2v) is 5.93. The van der Waals surface area contributed by atoms with Crippen molar-refractivity contribution in [2.24, 2.45) is 0 Å². The van der Waals surface area contributed by atoms with Crippen molar-refractivity contribution in [1.82, 2.24) is 4.90 Å². The number of hydrogen-bond acceptors (Lipinski definition) is 5. The molecule has 136 valence electrons. The second-order valence-electron chi connectivity index (χ2n) is 5.93. The number of nitrogens with two attached hydrogens (primary N) is 1. The third kappa shape index (κ3) is 3.31. The molecule has 2 N–H and O–H groups in total. The van der Waals surface area contributed by atoms with Crippen LogP contribution in [0, 0.1) is 0 Å². The molecule has 0 aromatic heterocycles. The van der Waals surface area contributed by atoms with Crippen LogP contribution >= 0.6 is 0 Å². The van der Waals surface area contributed by atoms with E-state index >= 15 is 0 Å². The average molecular weight is 354 g/mol. The Morgan fingerprint density at radius 3 is 2.27 bits per heavy atom. The van der Waals surface area contributed by atoms with Crippen molar-refractivity contribution in [3.8, 4) is 17.2 Å². The smallest absolute Gasteiger partial charge is 0.260 e. The Labute approximate surface area is 152 Å². The van der Waals surface area contributed by atoms with Gasteiger partial charge >= 0.3 is 0 Å². The van der Waals surface area contributed by atoms with Crippen molar-refractivity contribution in [3.63, 3.8) is 0 Å². The highest BCUT2D eigenvalue weighted by atomic mass is 16.5. The summed E-state index contributed by atoms with van der Waals surface area (Å²) < 4.78 is 15.7. The fraction of sp³-hybridized carbons (Fsp3) is 0.250. The van der Waals surface area contributed by atoms with Crippen molar-refractivity contribution in [1.29, 1.82) is 0 Å². The molecule has 0 fully saturated rings. The normalized spacial score (nSPS) is 13.3. The van der Waals surface area contributed by atoms with Crippen LogP contribution in [0.2, 0.25) is 0 Å². The molecular formula is C20H22N2O4. The van der Waals surface area contributed by atoms with E-state index in [9.17, 15) is 4.79 Å². The molecule has 0 saturated heterocycles. The van der Waals surface area contributed by atoms with Gasteiger partial charge in [-0.3, -0.25) is 4.79 Å². The molecule has 3 rings (SSSR count). The minimum absolute atomic E-state index is 0.160. The Hall–Kier alpha value is -3.15. The molecular weight excluding hydrogens is 332 g/mol. The van der Waals surface area contributed by atoms with Gasteiger partial charge in [0.15, 0.2) is 11.5 Å². The van der Waals surface area contributed by atoms with Gasteiger partial charge in [-0.1, -0.05) is 12.1 Å². The highest BCUT2D eigenvalue weighted by Crippen LogP contribution is 2.34. The predicted octanol–water partition coefficient (Wildman–Crippen LogP) is 3.18. The third-order valence-corrected chi connectivity index (χ3v) is 4.44. The van der Waals surface area contributed by atoms with Crippen LogP contribution < -0.4 is 19.9 Å². The van der Waals surface area contributed by atoms with E-state index < -0.39 is 0 Å². The molecule has 0 spiro atoms. The Balaban J connectivity index is 1.85. The number of carbonyl (C=O) groups excluding carboxylic acids is 1. The van der Waals surface area contributed by atoms with Crippen LogP contribution in [0.3, 0.4) is 0 Å². The van der Waals surface area contributed by atoms with Gasteiger partial charge in [-0.15, -0.1) is 0 Å². The average Bonchev–Trinajstić information content (AvgIpc) is 3.17. The summed E-state index contributed by atoms with van der Waals surface area (Å²) in [5.41, 5.74) is 8.98. The number of amides is 1. The summed E-state index contributed by atoms with van der Waals surface area (Å²) in [5, 5.41) is 0. The summed E-state index contributed by atoms with van der Waals surface area (Å²) in [6.45, 7) is 0.605. The van der Waals surface area contributed by atoms with Gasteiger partial charge < -0.3 is 24.8 Å². The van der Waals surface area contributed by atoms with Crippen molar-refractivity contribution in [2.45, 2.75) is 6.42 Å². The maximum absolute atomic E-state index is 12.9. The third-order valence-electron chi connectivity index (χ3n) is 4.44. The van der Waals surface area contributed by atoms with E-state index in [1.165, 1.54) is 14.2 Å². The van der Waals surface area contributed by atoms with Crippen LogP contribution in [0.1, 0.15) is 22.3 Å². The van der Waals surface area contributed by atoms with Crippen LogP contribution in [-0.2, 0) is 0 Å². The summed E-state index contributed by atoms with van der Waals surface area (Å²) >= 11 is 0. The monoisotopic (exact) mass is 354 g/mol. The predicted molar refractivity (Wildman–Crippen MR) is 101 cm³/mol. The van der Waals surface area contributed by atoms with Crippen LogP contribution in [0.4, 0.5) is 5.69 Å². The lowest BCUT2D eigenvalue weighted by Gasteiger charge is -2.16. The molecule has 6 nitrogen and oxygen atoms in total. The molecule has 0 unspecified atom stereocenters. The highest BCUT2D eigenvalue weighted by Gasteiger charge is 2.24. The molecule has 0 bridgehead atoms. The highest BCUT2D eigenvalue weighted by molar-refractivity contribution is 6.01. The molecule has 6 heteroatoms. The van der Waals surface area contributed by atoms with E-state index in [4.69, 9.17) is 19.9 Å². The van der Waals surface area contributed by atoms with Gasteiger partial charge in [-0.25, -0.2) is 0 Å². The Bertz CT molecular complexity index is 844. The van der Waals surface area contributed by atoms with Gasteiger partial charge in [0, 0.05) is 24.5 Å². The van der Waals surface area contributed by atoms with Gasteiger partial charge in [0.25, 0.3) is 5.91 Å². The number of hydrogen-bond donors (Lipinski definition) is 1. The fourth-order valence-corrected chi connectivity index (χ4v) is 2.98. The van der Waals surface area contributed by atoms with E-state index in [1.807, 2.05) is 30.5 Å². The summed E-state index contributed by atoms with van der Waals surface area (Å²) in [4.78, 5) is 14.6. The van der Waals surface area contributed by atoms with Gasteiger partial charge in [-0.05, 0) is 35.8 Å². The Morgan fingerprint density at radius 1 is 1.00 bits per heavy atom. The first-order chi connectivity index (χ1) is 12.6. The maximum Gasteiger partial charge on any atom is 0.260 e. The quantitative estimate of drug-likeness (QED) is 0.835. The minimum atomic E-state index is -0.160. The molecule has 0 radical (unpaired) electrons. The molecule has 26 heavy (non-hydrogen) atoms. The lowest BCUT2D eigenvalue weighted by molar-refractivity contribution is 0.0833. The van der Waals surface area contributed by atoms with Gasteiger partial charge in [0.1, 0.15) is 5.75 Å². The number of benzene rings is 2. The number of nitrogen functional groups attached to an aromatic ring is 1. The molecule has 1 heterocycles. The standard InChI is InChI=1S/C20H22N2O4/c1-24-15-6-4-13(5-7-15)14-8-9-22(12-14)20(23)16-10-18(25-2)19(26-3)11-17(16)21/h4-7,10-12H,8-9,21H2,1-3H3. The second kappa shape index (κ2) is 7.39. The first-order valence-electron chi connectivity index (χ1n) is 8.25. The maximum atomic E-state index is 12.9. The molecule has 0 saturated carbocycles. The van der Waals surface area contributed by atoms with Crippen molar-refractivity contribution < 1.29 is 19.0 Å². The van der Waals surface area contributed by atoms with Crippen molar-refractivity contribution in [2.75, 3.05) is 33.6 Å². The van der Waals surface area contributed by atoms with Crippen LogP contribution in [-0.4, -0.2) is 38.7 Å². The molecule has 1 aliphatic rings. The summed E-state index contributed by atoms with van der Waals surface area (Å²) in [5.74, 6) is 1.62. The molecule has 0 aliphatic carbocycles. The van der Waals surface area contributed by atoms with Crippen molar-refractivity contribution >= 4 is 17.2 Å². The van der Waals surface area contributed by atoms with Gasteiger partial charge in [0.2, 0.25) is 0 Å². The van der Waals surface area contributed by atoms with Crippen LogP contribution in [0.15, 0.2) is 42.6 Å². The number of nitrogens with zero attached hydrogens (tertiary/aromatic N) is 1. The number of rotatable bonds is 5. The summed E-state index contributed by atoms with van der Waals surface area (Å²) in [6, 6.07) is 11.0. The number of ether oxygens (including phenoxy) is 3. The minimum Gasteiger partial charge on any atom is -0.497 e. The fourth-order valence-electron chi connectivity index (χ4n) is 2.98. The molecule has 2 aromatic rings. The van der Waals surface area contributed by atoms with E-state index in [-0.39, 0.29) is 5.91 Å². The SMILES string of the molecule is COc1ccc(C2=CN(C(=O)c3cc(OC)c(OC)cc3N)CC2)cc1. The van der Waals surface area contributed by atoms with Crippen LogP contribution in [0.25, 0.3) is 5.57 Å². The number of methoxy groups -OCH3 is 3. The Kier molecular flexibility index (Phi) is 5.02. The zero-order valence-electron chi connectivity index (χ0n) is 15.1. The number of anilines is 1. The lowest BCUT2D eigenvalue weighted by atomic mass is 10.1. The summed E-state index contributed by atoms with van der Waals surface area (Å²) in [6.07, 6.45) is 2.66. The van der Waals surface area contributed by atoms with E-state index in [0.717, 1.165) is 23.3 Å². The van der Waals surface area contributed by atoms with E-state index in [1.54, 1.807) is 24.1 Å². The largest absolute Gasteiger partial charge is 0.497 e. The molecule has 1 amide bonds. The Morgan fingerprint density at radius 2 is 1.65 bits per heavy atom. The topological polar surface area (TPSA) is 74.0 Å².